The second-order valence-corrected chi connectivity index (χ2v) is 8.64. The maximum Gasteiger partial charge on any atom is 0.222 e. The number of nitrogens with one attached hydrogen (secondary N) is 2. The van der Waals surface area contributed by atoms with Gasteiger partial charge in [0.15, 0.2) is 5.13 Å². The Bertz CT molecular complexity index is 1070. The van der Waals surface area contributed by atoms with Crippen LogP contribution >= 0.6 is 11.3 Å². The van der Waals surface area contributed by atoms with Crippen molar-refractivity contribution in [2.24, 2.45) is 0 Å². The number of pyridine rings is 1. The van der Waals surface area contributed by atoms with E-state index in [0.717, 1.165) is 46.6 Å². The standard InChI is InChI=1S/C22H26N4O4S/c1-13(27)24-20-9-14(7-8-23-20)12-30-15-10-18(29-2)21-19(11-15)31-22(26-21)25-16-5-3-4-6-17(16)28/h7-11,16-17,28H,3-6,12H2,1-2H3,(H,25,26)(H,23,24,27)/t16?,17-/m0/s1. The Hall–Kier alpha value is -2.91. The minimum Gasteiger partial charge on any atom is -0.494 e. The summed E-state index contributed by atoms with van der Waals surface area (Å²) in [6, 6.07) is 7.40. The van der Waals surface area contributed by atoms with Gasteiger partial charge in [-0.05, 0) is 36.6 Å². The first-order valence-corrected chi connectivity index (χ1v) is 11.1. The molecule has 2 aromatic heterocycles. The fraction of sp³-hybridized carbons (Fsp3) is 0.409. The summed E-state index contributed by atoms with van der Waals surface area (Å²) >= 11 is 1.52. The molecule has 2 heterocycles. The van der Waals surface area contributed by atoms with Crippen molar-refractivity contribution in [1.82, 2.24) is 9.97 Å². The molecule has 3 aromatic rings. The molecule has 0 radical (unpaired) electrons. The number of anilines is 2. The number of aliphatic hydroxyl groups is 1. The number of carbonyl (C=O) groups is 1. The Morgan fingerprint density at radius 1 is 1.29 bits per heavy atom. The lowest BCUT2D eigenvalue weighted by Crippen LogP contribution is -2.36. The number of nitrogens with zero attached hydrogens (tertiary/aromatic N) is 2. The van der Waals surface area contributed by atoms with Gasteiger partial charge in [0.05, 0.1) is 24.0 Å². The fourth-order valence-corrected chi connectivity index (χ4v) is 4.67. The van der Waals surface area contributed by atoms with Crippen LogP contribution in [0, 0.1) is 0 Å². The van der Waals surface area contributed by atoms with E-state index in [9.17, 15) is 9.90 Å². The zero-order valence-electron chi connectivity index (χ0n) is 17.6. The SMILES string of the molecule is COc1cc(OCc2ccnc(NC(C)=O)c2)cc2sc(NC3CCCC[C@@H]3O)nc12. The largest absolute Gasteiger partial charge is 0.494 e. The Labute approximate surface area is 184 Å². The molecule has 2 atom stereocenters. The van der Waals surface area contributed by atoms with Gasteiger partial charge in [-0.2, -0.15) is 0 Å². The number of fused-ring (bicyclic) bond motifs is 1. The van der Waals surface area contributed by atoms with Crippen LogP contribution < -0.4 is 20.1 Å². The van der Waals surface area contributed by atoms with E-state index in [2.05, 4.69) is 20.6 Å². The molecule has 1 fully saturated rings. The molecule has 1 amide bonds. The predicted octanol–water partition coefficient (Wildman–Crippen LogP) is 3.95. The van der Waals surface area contributed by atoms with Gasteiger partial charge in [0.1, 0.15) is 29.4 Å². The average Bonchev–Trinajstić information content (AvgIpc) is 3.15. The number of carbonyl (C=O) groups excluding carboxylic acids is 1. The predicted molar refractivity (Wildman–Crippen MR) is 121 cm³/mol. The molecule has 1 unspecified atom stereocenters. The lowest BCUT2D eigenvalue weighted by molar-refractivity contribution is -0.114. The number of aromatic nitrogens is 2. The molecular weight excluding hydrogens is 416 g/mol. The van der Waals surface area contributed by atoms with E-state index in [-0.39, 0.29) is 18.1 Å². The van der Waals surface area contributed by atoms with E-state index >= 15 is 0 Å². The second kappa shape index (κ2) is 9.49. The van der Waals surface area contributed by atoms with Crippen molar-refractivity contribution in [3.8, 4) is 11.5 Å². The van der Waals surface area contributed by atoms with E-state index in [4.69, 9.17) is 9.47 Å². The molecule has 1 aliphatic carbocycles. The van der Waals surface area contributed by atoms with Gasteiger partial charge in [0, 0.05) is 19.2 Å². The zero-order valence-corrected chi connectivity index (χ0v) is 18.4. The maximum absolute atomic E-state index is 11.2. The molecule has 3 N–H and O–H groups in total. The number of thiazole rings is 1. The number of aliphatic hydroxyl groups excluding tert-OH is 1. The van der Waals surface area contributed by atoms with Gasteiger partial charge in [0.2, 0.25) is 5.91 Å². The van der Waals surface area contributed by atoms with Crippen LogP contribution in [0.3, 0.4) is 0 Å². The monoisotopic (exact) mass is 442 g/mol. The van der Waals surface area contributed by atoms with Gasteiger partial charge < -0.3 is 25.2 Å². The quantitative estimate of drug-likeness (QED) is 0.509. The van der Waals surface area contributed by atoms with Crippen LogP contribution in [0.15, 0.2) is 30.5 Å². The van der Waals surface area contributed by atoms with Crippen LogP contribution in [-0.2, 0) is 11.4 Å². The highest BCUT2D eigenvalue weighted by molar-refractivity contribution is 7.22. The van der Waals surface area contributed by atoms with Crippen molar-refractivity contribution in [2.45, 2.75) is 51.4 Å². The molecule has 0 aliphatic heterocycles. The normalized spacial score (nSPS) is 18.5. The summed E-state index contributed by atoms with van der Waals surface area (Å²) in [4.78, 5) is 20.0. The fourth-order valence-electron chi connectivity index (χ4n) is 3.69. The van der Waals surface area contributed by atoms with Crippen LogP contribution in [0.1, 0.15) is 38.2 Å². The Morgan fingerprint density at radius 2 is 2.13 bits per heavy atom. The minimum atomic E-state index is -0.343. The molecule has 0 bridgehead atoms. The third-order valence-electron chi connectivity index (χ3n) is 5.23. The smallest absolute Gasteiger partial charge is 0.222 e. The van der Waals surface area contributed by atoms with Gasteiger partial charge in [-0.3, -0.25) is 4.79 Å². The van der Waals surface area contributed by atoms with Gasteiger partial charge >= 0.3 is 0 Å². The summed E-state index contributed by atoms with van der Waals surface area (Å²) in [6.07, 6.45) is 5.23. The van der Waals surface area contributed by atoms with Gasteiger partial charge in [-0.1, -0.05) is 24.2 Å². The highest BCUT2D eigenvalue weighted by Crippen LogP contribution is 2.37. The van der Waals surface area contributed by atoms with Gasteiger partial charge in [-0.15, -0.1) is 0 Å². The summed E-state index contributed by atoms with van der Waals surface area (Å²) in [5.41, 5.74) is 1.65. The minimum absolute atomic E-state index is 0.0283. The summed E-state index contributed by atoms with van der Waals surface area (Å²) < 4.78 is 12.5. The van der Waals surface area contributed by atoms with Gasteiger partial charge in [-0.25, -0.2) is 9.97 Å². The number of amides is 1. The summed E-state index contributed by atoms with van der Waals surface area (Å²) in [5.74, 6) is 1.62. The molecule has 1 saturated carbocycles. The third-order valence-corrected chi connectivity index (χ3v) is 6.16. The van der Waals surface area contributed by atoms with Crippen molar-refractivity contribution in [1.29, 1.82) is 0 Å². The number of benzene rings is 1. The average molecular weight is 443 g/mol. The third kappa shape index (κ3) is 5.23. The number of rotatable bonds is 7. The Kier molecular flexibility index (Phi) is 6.53. The summed E-state index contributed by atoms with van der Waals surface area (Å²) in [6.45, 7) is 1.77. The first-order valence-electron chi connectivity index (χ1n) is 10.3. The number of methoxy groups -OCH3 is 1. The van der Waals surface area contributed by atoms with E-state index in [1.165, 1.54) is 18.3 Å². The van der Waals surface area contributed by atoms with Crippen LogP contribution in [0.25, 0.3) is 10.2 Å². The number of hydrogen-bond acceptors (Lipinski definition) is 8. The first kappa shape index (κ1) is 21.3. The van der Waals surface area contributed by atoms with E-state index in [0.29, 0.717) is 23.9 Å². The zero-order chi connectivity index (χ0) is 21.8. The molecule has 164 valence electrons. The topological polar surface area (TPSA) is 106 Å². The van der Waals surface area contributed by atoms with E-state index < -0.39 is 0 Å². The summed E-state index contributed by atoms with van der Waals surface area (Å²) in [5, 5.41) is 17.1. The number of hydrogen-bond donors (Lipinski definition) is 3. The van der Waals surface area contributed by atoms with Crippen molar-refractivity contribution >= 4 is 38.4 Å². The molecule has 1 aromatic carbocycles. The highest BCUT2D eigenvalue weighted by atomic mass is 32.1. The van der Waals surface area contributed by atoms with Gasteiger partial charge in [0.25, 0.3) is 0 Å². The Morgan fingerprint density at radius 3 is 2.90 bits per heavy atom. The molecule has 31 heavy (non-hydrogen) atoms. The van der Waals surface area contributed by atoms with Crippen LogP contribution in [0.2, 0.25) is 0 Å². The lowest BCUT2D eigenvalue weighted by Gasteiger charge is -2.27. The molecule has 1 aliphatic rings. The van der Waals surface area contributed by atoms with Crippen molar-refractivity contribution in [3.63, 3.8) is 0 Å². The first-order chi connectivity index (χ1) is 15.0. The molecule has 8 nitrogen and oxygen atoms in total. The second-order valence-electron chi connectivity index (χ2n) is 7.61. The van der Waals surface area contributed by atoms with Crippen molar-refractivity contribution in [2.75, 3.05) is 17.7 Å². The van der Waals surface area contributed by atoms with E-state index in [1.807, 2.05) is 18.2 Å². The number of ether oxygens (including phenoxy) is 2. The van der Waals surface area contributed by atoms with Crippen LogP contribution in [-0.4, -0.2) is 40.2 Å². The van der Waals surface area contributed by atoms with Crippen LogP contribution in [0.4, 0.5) is 10.9 Å². The molecule has 0 spiro atoms. The molecule has 0 saturated heterocycles. The van der Waals surface area contributed by atoms with E-state index in [1.54, 1.807) is 19.4 Å². The van der Waals surface area contributed by atoms with Crippen molar-refractivity contribution < 1.29 is 19.4 Å². The molecule has 4 rings (SSSR count). The van der Waals surface area contributed by atoms with Crippen LogP contribution in [0.5, 0.6) is 11.5 Å². The Balaban J connectivity index is 1.50. The maximum atomic E-state index is 11.2. The lowest BCUT2D eigenvalue weighted by atomic mass is 9.93. The highest BCUT2D eigenvalue weighted by Gasteiger charge is 2.24. The summed E-state index contributed by atoms with van der Waals surface area (Å²) in [7, 11) is 1.61. The molecular formula is C22H26N4O4S. The van der Waals surface area contributed by atoms with Crippen molar-refractivity contribution in [3.05, 3.63) is 36.0 Å². The molecule has 9 heteroatoms.